The average molecular weight is 425 g/mol. The standard InChI is InChI=1S/C23H27N3O5/c1-4-30-22(28)20-17-14-25(12-10-18(17)26(24-20)13-15-5-6-15)21(27)19-8-7-16(31-19)9-11-23(2,3)29/h7-8,15,29H,4-6,10,12-14H2,1-3H3. The highest BCUT2D eigenvalue weighted by Gasteiger charge is 2.33. The number of aliphatic hydroxyl groups is 1. The Hall–Kier alpha value is -3.05. The van der Waals surface area contributed by atoms with Crippen molar-refractivity contribution < 1.29 is 23.8 Å². The van der Waals surface area contributed by atoms with Gasteiger partial charge < -0.3 is 19.2 Å². The molecular weight excluding hydrogens is 398 g/mol. The lowest BCUT2D eigenvalue weighted by molar-refractivity contribution is 0.0512. The quantitative estimate of drug-likeness (QED) is 0.584. The summed E-state index contributed by atoms with van der Waals surface area (Å²) < 4.78 is 12.7. The van der Waals surface area contributed by atoms with Gasteiger partial charge in [0.05, 0.1) is 13.2 Å². The first-order valence-corrected chi connectivity index (χ1v) is 10.7. The summed E-state index contributed by atoms with van der Waals surface area (Å²) in [5.41, 5.74) is 0.915. The number of furan rings is 1. The highest BCUT2D eigenvalue weighted by molar-refractivity contribution is 5.93. The van der Waals surface area contributed by atoms with E-state index in [-0.39, 0.29) is 24.8 Å². The Morgan fingerprint density at radius 2 is 2.13 bits per heavy atom. The highest BCUT2D eigenvalue weighted by Crippen LogP contribution is 2.33. The Morgan fingerprint density at radius 3 is 2.81 bits per heavy atom. The number of amides is 1. The van der Waals surface area contributed by atoms with Gasteiger partial charge >= 0.3 is 5.97 Å². The fourth-order valence-electron chi connectivity index (χ4n) is 3.61. The molecule has 1 N–H and O–H groups in total. The predicted molar refractivity (Wildman–Crippen MR) is 111 cm³/mol. The minimum Gasteiger partial charge on any atom is -0.461 e. The van der Waals surface area contributed by atoms with Crippen molar-refractivity contribution in [2.75, 3.05) is 13.2 Å². The molecule has 8 heteroatoms. The van der Waals surface area contributed by atoms with E-state index in [9.17, 15) is 14.7 Å². The second kappa shape index (κ2) is 8.23. The summed E-state index contributed by atoms with van der Waals surface area (Å²) in [5, 5.41) is 14.3. The van der Waals surface area contributed by atoms with E-state index in [0.29, 0.717) is 30.3 Å². The Morgan fingerprint density at radius 1 is 1.35 bits per heavy atom. The molecule has 0 atom stereocenters. The average Bonchev–Trinajstić information content (AvgIpc) is 3.28. The van der Waals surface area contributed by atoms with Gasteiger partial charge in [-0.25, -0.2) is 4.79 Å². The van der Waals surface area contributed by atoms with Gasteiger partial charge in [-0.3, -0.25) is 9.48 Å². The molecule has 3 heterocycles. The van der Waals surface area contributed by atoms with Crippen LogP contribution in [0, 0.1) is 17.8 Å². The zero-order valence-corrected chi connectivity index (χ0v) is 18.1. The summed E-state index contributed by atoms with van der Waals surface area (Å²) in [6, 6.07) is 3.19. The summed E-state index contributed by atoms with van der Waals surface area (Å²) in [4.78, 5) is 27.1. The maximum absolute atomic E-state index is 13.0. The van der Waals surface area contributed by atoms with Crippen molar-refractivity contribution in [3.8, 4) is 11.8 Å². The van der Waals surface area contributed by atoms with E-state index in [1.54, 1.807) is 37.8 Å². The first kappa shape index (κ1) is 21.2. The van der Waals surface area contributed by atoms with Crippen LogP contribution >= 0.6 is 0 Å². The van der Waals surface area contributed by atoms with Crippen LogP contribution in [0.25, 0.3) is 0 Å². The van der Waals surface area contributed by atoms with Gasteiger partial charge in [0.2, 0.25) is 0 Å². The van der Waals surface area contributed by atoms with Crippen LogP contribution in [0.3, 0.4) is 0 Å². The Bertz CT molecular complexity index is 1060. The second-order valence-corrected chi connectivity index (χ2v) is 8.57. The van der Waals surface area contributed by atoms with Crippen LogP contribution in [0.5, 0.6) is 0 Å². The third-order valence-electron chi connectivity index (χ3n) is 5.33. The van der Waals surface area contributed by atoms with E-state index in [1.807, 2.05) is 4.68 Å². The fraction of sp³-hybridized carbons (Fsp3) is 0.522. The van der Waals surface area contributed by atoms with Crippen LogP contribution in [0.4, 0.5) is 0 Å². The number of carbonyl (C=O) groups is 2. The largest absolute Gasteiger partial charge is 0.461 e. The lowest BCUT2D eigenvalue weighted by Crippen LogP contribution is -2.36. The smallest absolute Gasteiger partial charge is 0.359 e. The molecule has 2 aliphatic rings. The zero-order chi connectivity index (χ0) is 22.2. The van der Waals surface area contributed by atoms with E-state index < -0.39 is 11.6 Å². The number of rotatable bonds is 5. The van der Waals surface area contributed by atoms with E-state index in [0.717, 1.165) is 17.8 Å². The minimum absolute atomic E-state index is 0.173. The molecular formula is C23H27N3O5. The Balaban J connectivity index is 1.55. The molecule has 0 unspecified atom stereocenters. The summed E-state index contributed by atoms with van der Waals surface area (Å²) in [6.45, 7) is 6.77. The maximum Gasteiger partial charge on any atom is 0.359 e. The lowest BCUT2D eigenvalue weighted by atomic mass is 10.0. The molecule has 8 nitrogen and oxygen atoms in total. The Kier molecular flexibility index (Phi) is 5.63. The lowest BCUT2D eigenvalue weighted by Gasteiger charge is -2.27. The molecule has 2 aromatic rings. The van der Waals surface area contributed by atoms with Crippen molar-refractivity contribution in [3.63, 3.8) is 0 Å². The van der Waals surface area contributed by atoms with Gasteiger partial charge in [0.15, 0.2) is 17.2 Å². The summed E-state index contributed by atoms with van der Waals surface area (Å²) >= 11 is 0. The molecule has 31 heavy (non-hydrogen) atoms. The zero-order valence-electron chi connectivity index (χ0n) is 18.1. The van der Waals surface area contributed by atoms with E-state index in [2.05, 4.69) is 16.9 Å². The van der Waals surface area contributed by atoms with Crippen molar-refractivity contribution in [3.05, 3.63) is 40.6 Å². The van der Waals surface area contributed by atoms with E-state index in [4.69, 9.17) is 9.15 Å². The number of hydrogen-bond acceptors (Lipinski definition) is 6. The van der Waals surface area contributed by atoms with Crippen molar-refractivity contribution in [2.45, 2.75) is 58.7 Å². The van der Waals surface area contributed by atoms with Crippen LogP contribution < -0.4 is 0 Å². The number of esters is 1. The highest BCUT2D eigenvalue weighted by atomic mass is 16.5. The van der Waals surface area contributed by atoms with Crippen molar-refractivity contribution in [1.82, 2.24) is 14.7 Å². The summed E-state index contributed by atoms with van der Waals surface area (Å²) in [5.74, 6) is 5.77. The van der Waals surface area contributed by atoms with Crippen LogP contribution in [0.15, 0.2) is 16.5 Å². The molecule has 1 amide bonds. The van der Waals surface area contributed by atoms with Crippen LogP contribution in [0.2, 0.25) is 0 Å². The summed E-state index contributed by atoms with van der Waals surface area (Å²) in [6.07, 6.45) is 2.99. The molecule has 1 saturated carbocycles. The van der Waals surface area contributed by atoms with Crippen LogP contribution in [-0.4, -0.2) is 50.4 Å². The van der Waals surface area contributed by atoms with Gasteiger partial charge in [0.1, 0.15) is 5.60 Å². The van der Waals surface area contributed by atoms with Gasteiger partial charge in [-0.05, 0) is 57.6 Å². The van der Waals surface area contributed by atoms with Crippen molar-refractivity contribution in [2.24, 2.45) is 5.92 Å². The van der Waals surface area contributed by atoms with Gasteiger partial charge in [0, 0.05) is 30.8 Å². The van der Waals surface area contributed by atoms with Crippen LogP contribution in [0.1, 0.15) is 71.7 Å². The van der Waals surface area contributed by atoms with Crippen molar-refractivity contribution >= 4 is 11.9 Å². The van der Waals surface area contributed by atoms with Crippen molar-refractivity contribution in [1.29, 1.82) is 0 Å². The van der Waals surface area contributed by atoms with E-state index in [1.165, 1.54) is 12.8 Å². The SMILES string of the molecule is CCOC(=O)c1nn(CC2CC2)c2c1CN(C(=O)c1ccc(C#CC(C)(C)O)o1)CC2. The molecule has 1 fully saturated rings. The number of hydrogen-bond donors (Lipinski definition) is 1. The number of aromatic nitrogens is 2. The third-order valence-corrected chi connectivity index (χ3v) is 5.33. The number of fused-ring (bicyclic) bond motifs is 1. The maximum atomic E-state index is 13.0. The fourth-order valence-corrected chi connectivity index (χ4v) is 3.61. The second-order valence-electron chi connectivity index (χ2n) is 8.57. The number of carbonyl (C=O) groups excluding carboxylic acids is 2. The third kappa shape index (κ3) is 4.83. The number of ether oxygens (including phenoxy) is 1. The molecule has 1 aliphatic heterocycles. The molecule has 164 valence electrons. The Labute approximate surface area is 181 Å². The molecule has 0 radical (unpaired) electrons. The molecule has 0 spiro atoms. The molecule has 0 aromatic carbocycles. The first-order valence-electron chi connectivity index (χ1n) is 10.7. The van der Waals surface area contributed by atoms with Gasteiger partial charge in [-0.1, -0.05) is 5.92 Å². The molecule has 1 aliphatic carbocycles. The molecule has 0 bridgehead atoms. The molecule has 0 saturated heterocycles. The topological polar surface area (TPSA) is 97.8 Å². The summed E-state index contributed by atoms with van der Waals surface area (Å²) in [7, 11) is 0. The number of nitrogens with zero attached hydrogens (tertiary/aromatic N) is 3. The van der Waals surface area contributed by atoms with Gasteiger partial charge in [-0.2, -0.15) is 5.10 Å². The predicted octanol–water partition coefficient (Wildman–Crippen LogP) is 2.38. The minimum atomic E-state index is -1.15. The van der Waals surface area contributed by atoms with Crippen LogP contribution in [-0.2, 0) is 24.2 Å². The molecule has 4 rings (SSSR count). The first-order chi connectivity index (χ1) is 14.7. The molecule has 2 aromatic heterocycles. The monoisotopic (exact) mass is 425 g/mol. The van der Waals surface area contributed by atoms with Gasteiger partial charge in [0.25, 0.3) is 5.91 Å². The van der Waals surface area contributed by atoms with Gasteiger partial charge in [-0.15, -0.1) is 0 Å². The normalized spacial score (nSPS) is 15.8. The van der Waals surface area contributed by atoms with E-state index >= 15 is 0 Å².